The highest BCUT2D eigenvalue weighted by atomic mass is 15.2. The molecule has 0 bridgehead atoms. The van der Waals surface area contributed by atoms with Gasteiger partial charge in [0.05, 0.1) is 39.1 Å². The lowest BCUT2D eigenvalue weighted by atomic mass is 9.33. The standard InChI is InChI=1S/C111H105BN6/c1-106(2,3)79-56-77(57-80(62-79)107(4,5)6)75-52-54-92-96(60-75)117(101-88(70-38-24-19-25-39-70)64-83(110(13,14)15)65-89(101)71-40-26-20-27-41-71)98-68-85(116-94-50-36-34-48-86(94)87-49-35-37-51-95(87)116)69-99-100(98)112(92)93-55-53-76(78-58-81(108(7,8)9)63-82(59-78)109(10,11)12)61-97(93)118(99)102-90(72-42-28-21-29-43-72)66-84(111(16,17)18)67-91(102)105-114-103(73-44-30-22-31-45-73)113-104(115-105)74-46-32-23-33-47-74/h19-69H,1-18H3/i34D,35D,36D,37D,48D,49D,50D,51D. The molecule has 0 spiro atoms. The first-order valence-electron chi connectivity index (χ1n) is 45.4. The molecule has 14 aromatic carbocycles. The summed E-state index contributed by atoms with van der Waals surface area (Å²) < 4.78 is 81.1. The molecule has 16 aromatic rings. The number of para-hydroxylation sites is 2. The molecule has 0 atom stereocenters. The molecule has 2 aliphatic heterocycles. The zero-order chi connectivity index (χ0) is 89.2. The molecule has 7 heteroatoms. The van der Waals surface area contributed by atoms with E-state index in [-0.39, 0.29) is 48.9 Å². The van der Waals surface area contributed by atoms with E-state index in [1.54, 1.807) is 4.57 Å². The fourth-order valence-corrected chi connectivity index (χ4v) is 17.2. The van der Waals surface area contributed by atoms with Crippen molar-refractivity contribution in [3.05, 3.63) is 343 Å². The Morgan fingerprint density at radius 2 is 0.559 bits per heavy atom. The molecular weight excluding hydrogens is 1430 g/mol. The van der Waals surface area contributed by atoms with E-state index in [1.165, 1.54) is 22.3 Å². The number of nitrogens with zero attached hydrogens (tertiary/aromatic N) is 6. The smallest absolute Gasteiger partial charge is 0.252 e. The quantitative estimate of drug-likeness (QED) is 0.121. The third kappa shape index (κ3) is 13.9. The van der Waals surface area contributed by atoms with Gasteiger partial charge in [0.15, 0.2) is 17.5 Å². The van der Waals surface area contributed by atoms with Crippen LogP contribution in [-0.2, 0) is 32.5 Å². The van der Waals surface area contributed by atoms with Gasteiger partial charge in [0.1, 0.15) is 0 Å². The van der Waals surface area contributed by atoms with Gasteiger partial charge in [0.2, 0.25) is 0 Å². The summed E-state index contributed by atoms with van der Waals surface area (Å²) in [7, 11) is 0. The molecular formula is C111H105BN6. The molecule has 582 valence electrons. The summed E-state index contributed by atoms with van der Waals surface area (Å²) in [5.74, 6) is 1.33. The molecule has 2 aliphatic rings. The summed E-state index contributed by atoms with van der Waals surface area (Å²) in [6.07, 6.45) is 0. The zero-order valence-corrected chi connectivity index (χ0v) is 71.1. The van der Waals surface area contributed by atoms with Gasteiger partial charge in [-0.1, -0.05) is 373 Å². The first-order valence-corrected chi connectivity index (χ1v) is 41.4. The second-order valence-corrected chi connectivity index (χ2v) is 38.4. The fraction of sp³-hybridized carbons (Fsp3) is 0.216. The maximum atomic E-state index is 10.4. The van der Waals surface area contributed by atoms with E-state index < -0.39 is 60.5 Å². The Morgan fingerprint density at radius 1 is 0.263 bits per heavy atom. The van der Waals surface area contributed by atoms with Crippen LogP contribution in [0.1, 0.15) is 169 Å². The third-order valence-corrected chi connectivity index (χ3v) is 23.9. The molecule has 118 heavy (non-hydrogen) atoms. The van der Waals surface area contributed by atoms with E-state index in [0.29, 0.717) is 45.8 Å². The number of fused-ring (bicyclic) bond motifs is 7. The number of hydrogen-bond acceptors (Lipinski definition) is 5. The maximum Gasteiger partial charge on any atom is 0.252 e. The lowest BCUT2D eigenvalue weighted by Crippen LogP contribution is -2.61. The lowest BCUT2D eigenvalue weighted by molar-refractivity contribution is 0.568. The van der Waals surface area contributed by atoms with Gasteiger partial charge in [-0.25, -0.2) is 15.0 Å². The van der Waals surface area contributed by atoms with Crippen LogP contribution in [-0.4, -0.2) is 26.2 Å². The Balaban J connectivity index is 1.12. The SMILES string of the molecule is [2H]c1c([2H])c([2H])c2c(c1[2H])c1c([2H])c([2H])c([2H])c([2H])c1n2-c1cc2c3c(c1)N(c1c(-c4ccccc4)cc(C(C)(C)C)cc1-c1nc(-c4ccccc4)nc(-c4ccccc4)n1)c1cc(-c4cc(C(C)(C)C)cc(C(C)(C)C)c4)ccc1B3c1ccc(-c3cc(C(C)(C)C)cc(C(C)(C)C)c3)cc1N2c1c(-c2ccccc2)cc(C(C)(C)C)cc1-c1ccccc1. The van der Waals surface area contributed by atoms with Crippen LogP contribution in [0.4, 0.5) is 34.1 Å². The molecule has 0 fully saturated rings. The van der Waals surface area contributed by atoms with E-state index in [2.05, 4.69) is 329 Å². The van der Waals surface area contributed by atoms with Gasteiger partial charge in [0.25, 0.3) is 6.71 Å². The number of benzene rings is 14. The van der Waals surface area contributed by atoms with Crippen LogP contribution >= 0.6 is 0 Å². The number of anilines is 6. The maximum absolute atomic E-state index is 10.4. The van der Waals surface area contributed by atoms with Crippen molar-refractivity contribution in [2.75, 3.05) is 9.80 Å². The lowest BCUT2D eigenvalue weighted by Gasteiger charge is -2.46. The Morgan fingerprint density at radius 3 is 0.898 bits per heavy atom. The molecule has 6 nitrogen and oxygen atoms in total. The van der Waals surface area contributed by atoms with Crippen LogP contribution in [0.15, 0.2) is 309 Å². The average molecular weight is 1540 g/mol. The minimum absolute atomic E-state index is 0.0136. The van der Waals surface area contributed by atoms with Crippen LogP contribution in [0.3, 0.4) is 0 Å². The van der Waals surface area contributed by atoms with Gasteiger partial charge in [-0.05, 0) is 182 Å². The highest BCUT2D eigenvalue weighted by Crippen LogP contribution is 2.56. The van der Waals surface area contributed by atoms with Crippen molar-refractivity contribution in [2.45, 2.75) is 157 Å². The van der Waals surface area contributed by atoms with Crippen LogP contribution in [0, 0.1) is 0 Å². The molecule has 0 unspecified atom stereocenters. The second-order valence-electron chi connectivity index (χ2n) is 38.4. The van der Waals surface area contributed by atoms with E-state index in [4.69, 9.17) is 15.0 Å². The summed E-state index contributed by atoms with van der Waals surface area (Å²) >= 11 is 0. The molecule has 0 amide bonds. The summed E-state index contributed by atoms with van der Waals surface area (Å²) in [6.45, 7) is 40.3. The van der Waals surface area contributed by atoms with Crippen LogP contribution in [0.25, 0.3) is 117 Å². The monoisotopic (exact) mass is 1540 g/mol. The highest BCUT2D eigenvalue weighted by molar-refractivity contribution is 7.00. The van der Waals surface area contributed by atoms with Crippen molar-refractivity contribution in [1.82, 2.24) is 19.5 Å². The molecule has 0 aliphatic carbocycles. The Kier molecular flexibility index (Phi) is 16.5. The predicted molar refractivity (Wildman–Crippen MR) is 504 cm³/mol. The Labute approximate surface area is 710 Å². The van der Waals surface area contributed by atoms with Gasteiger partial charge >= 0.3 is 0 Å². The first kappa shape index (κ1) is 67.7. The molecule has 4 heterocycles. The Hall–Kier alpha value is -12.4. The molecule has 0 saturated carbocycles. The Bertz CT molecular complexity index is 6850. The molecule has 2 aromatic heterocycles. The van der Waals surface area contributed by atoms with Gasteiger partial charge in [-0.3, -0.25) is 0 Å². The normalized spacial score (nSPS) is 14.1. The minimum Gasteiger partial charge on any atom is -0.310 e. The summed E-state index contributed by atoms with van der Waals surface area (Å²) in [5.41, 5.74) is 24.6. The van der Waals surface area contributed by atoms with Crippen LogP contribution in [0.2, 0.25) is 0 Å². The van der Waals surface area contributed by atoms with Crippen molar-refractivity contribution >= 4 is 79.0 Å². The van der Waals surface area contributed by atoms with Gasteiger partial charge in [0, 0.05) is 66.9 Å². The topological polar surface area (TPSA) is 50.1 Å². The van der Waals surface area contributed by atoms with E-state index in [0.717, 1.165) is 111 Å². The minimum atomic E-state index is -0.604. The van der Waals surface area contributed by atoms with Crippen LogP contribution in [0.5, 0.6) is 0 Å². The summed E-state index contributed by atoms with van der Waals surface area (Å²) in [6, 6.07) is 90.1. The number of hydrogen-bond donors (Lipinski definition) is 0. The summed E-state index contributed by atoms with van der Waals surface area (Å²) in [5, 5.41) is -0.0734. The van der Waals surface area contributed by atoms with Crippen LogP contribution < -0.4 is 26.2 Å². The molecule has 0 N–H and O–H groups in total. The third-order valence-electron chi connectivity index (χ3n) is 23.9. The molecule has 0 radical (unpaired) electrons. The van der Waals surface area contributed by atoms with Crippen molar-refractivity contribution in [3.63, 3.8) is 0 Å². The second kappa shape index (κ2) is 28.7. The fourth-order valence-electron chi connectivity index (χ4n) is 17.2. The first-order chi connectivity index (χ1) is 59.6. The van der Waals surface area contributed by atoms with Crippen molar-refractivity contribution in [2.24, 2.45) is 0 Å². The van der Waals surface area contributed by atoms with E-state index >= 15 is 0 Å². The zero-order valence-electron chi connectivity index (χ0n) is 79.1. The van der Waals surface area contributed by atoms with Gasteiger partial charge < -0.3 is 14.4 Å². The van der Waals surface area contributed by atoms with E-state index in [9.17, 15) is 11.0 Å². The molecule has 0 saturated heterocycles. The van der Waals surface area contributed by atoms with Crippen molar-refractivity contribution < 1.29 is 11.0 Å². The van der Waals surface area contributed by atoms with E-state index in [1.807, 2.05) is 66.7 Å². The average Bonchev–Trinajstić information content (AvgIpc) is 0.883. The largest absolute Gasteiger partial charge is 0.310 e. The number of aromatic nitrogens is 4. The van der Waals surface area contributed by atoms with Gasteiger partial charge in [-0.2, -0.15) is 0 Å². The summed E-state index contributed by atoms with van der Waals surface area (Å²) in [4.78, 5) is 21.8. The van der Waals surface area contributed by atoms with Crippen molar-refractivity contribution in [1.29, 1.82) is 0 Å². The van der Waals surface area contributed by atoms with Crippen molar-refractivity contribution in [3.8, 4) is 95.5 Å². The van der Waals surface area contributed by atoms with Gasteiger partial charge in [-0.15, -0.1) is 0 Å². The number of rotatable bonds is 11. The highest BCUT2D eigenvalue weighted by Gasteiger charge is 2.47. The predicted octanol–water partition coefficient (Wildman–Crippen LogP) is 28.2. The molecule has 18 rings (SSSR count).